The molecule has 0 aromatic heterocycles. The van der Waals surface area contributed by atoms with Crippen LogP contribution in [0.4, 0.5) is 4.39 Å². The van der Waals surface area contributed by atoms with E-state index < -0.39 is 15.8 Å². The second-order valence-electron chi connectivity index (χ2n) is 4.72. The van der Waals surface area contributed by atoms with E-state index in [4.69, 9.17) is 0 Å². The number of nitrogens with one attached hydrogen (secondary N) is 1. The van der Waals surface area contributed by atoms with E-state index in [9.17, 15) is 12.8 Å². The minimum Gasteiger partial charge on any atom is -0.211 e. The van der Waals surface area contributed by atoms with Crippen LogP contribution in [0.15, 0.2) is 29.2 Å². The summed E-state index contributed by atoms with van der Waals surface area (Å²) in [4.78, 5) is 0.110. The molecule has 1 aliphatic rings. The minimum atomic E-state index is -3.52. The smallest absolute Gasteiger partial charge is 0.211 e. The topological polar surface area (TPSA) is 46.2 Å². The van der Waals surface area contributed by atoms with Crippen molar-refractivity contribution in [3.8, 4) is 0 Å². The molecule has 100 valence electrons. The molecule has 0 atom stereocenters. The molecule has 6 heteroatoms. The fourth-order valence-electron chi connectivity index (χ4n) is 1.84. The molecule has 2 rings (SSSR count). The molecule has 1 fully saturated rings. The van der Waals surface area contributed by atoms with Gasteiger partial charge in [-0.2, -0.15) is 0 Å². The Morgan fingerprint density at radius 2 is 1.89 bits per heavy atom. The summed E-state index contributed by atoms with van der Waals surface area (Å²) < 4.78 is 39.3. The highest BCUT2D eigenvalue weighted by atomic mass is 79.9. The van der Waals surface area contributed by atoms with Crippen LogP contribution in [0, 0.1) is 11.2 Å². The van der Waals surface area contributed by atoms with E-state index in [0.717, 1.165) is 36.7 Å². The molecule has 0 spiro atoms. The molecule has 0 radical (unpaired) electrons. The number of sulfonamides is 1. The third-order valence-corrected chi connectivity index (χ3v) is 5.16. The van der Waals surface area contributed by atoms with E-state index in [1.54, 1.807) is 0 Å². The highest BCUT2D eigenvalue weighted by molar-refractivity contribution is 9.09. The zero-order chi connectivity index (χ0) is 13.2. The number of hydrogen-bond donors (Lipinski definition) is 1. The van der Waals surface area contributed by atoms with Gasteiger partial charge >= 0.3 is 0 Å². The quantitative estimate of drug-likeness (QED) is 0.812. The maximum Gasteiger partial charge on any atom is 0.240 e. The summed E-state index contributed by atoms with van der Waals surface area (Å²) in [7, 11) is -3.52. The van der Waals surface area contributed by atoms with Gasteiger partial charge in [0, 0.05) is 11.9 Å². The molecule has 3 nitrogen and oxygen atoms in total. The van der Waals surface area contributed by atoms with E-state index in [-0.39, 0.29) is 10.3 Å². The van der Waals surface area contributed by atoms with Crippen molar-refractivity contribution < 1.29 is 12.8 Å². The Bertz CT molecular complexity index is 511. The van der Waals surface area contributed by atoms with Crippen molar-refractivity contribution in [1.29, 1.82) is 0 Å². The second-order valence-corrected chi connectivity index (χ2v) is 7.28. The maximum atomic E-state index is 12.7. The third kappa shape index (κ3) is 3.30. The minimum absolute atomic E-state index is 0.110. The average Bonchev–Trinajstić information content (AvgIpc) is 3.08. The summed E-state index contributed by atoms with van der Waals surface area (Å²) in [5.74, 6) is -0.438. The predicted molar refractivity (Wildman–Crippen MR) is 71.7 cm³/mol. The first kappa shape index (κ1) is 14.0. The van der Waals surface area contributed by atoms with E-state index in [1.165, 1.54) is 12.1 Å². The van der Waals surface area contributed by atoms with Gasteiger partial charge in [0.2, 0.25) is 10.0 Å². The molecule has 1 aromatic rings. The first-order valence-electron chi connectivity index (χ1n) is 5.79. The van der Waals surface area contributed by atoms with Crippen LogP contribution in [0.2, 0.25) is 0 Å². The largest absolute Gasteiger partial charge is 0.240 e. The van der Waals surface area contributed by atoms with E-state index >= 15 is 0 Å². The molecule has 0 bridgehead atoms. The highest BCUT2D eigenvalue weighted by Gasteiger charge is 2.42. The predicted octanol–water partition coefficient (Wildman–Crippen LogP) is 2.67. The molecule has 0 unspecified atom stereocenters. The van der Waals surface area contributed by atoms with Gasteiger partial charge in [-0.1, -0.05) is 15.9 Å². The summed E-state index contributed by atoms with van der Waals surface area (Å²) in [5.41, 5.74) is 0.122. The van der Waals surface area contributed by atoms with Crippen molar-refractivity contribution in [2.75, 3.05) is 11.9 Å². The van der Waals surface area contributed by atoms with Crippen LogP contribution in [-0.4, -0.2) is 20.3 Å². The Morgan fingerprint density at radius 1 is 1.28 bits per heavy atom. The van der Waals surface area contributed by atoms with Gasteiger partial charge in [-0.25, -0.2) is 17.5 Å². The van der Waals surface area contributed by atoms with Crippen LogP contribution >= 0.6 is 15.9 Å². The van der Waals surface area contributed by atoms with Gasteiger partial charge in [0.1, 0.15) is 5.82 Å². The highest BCUT2D eigenvalue weighted by Crippen LogP contribution is 2.48. The van der Waals surface area contributed by atoms with Crippen LogP contribution in [0.5, 0.6) is 0 Å². The fraction of sp³-hybridized carbons (Fsp3) is 0.500. The molecule has 1 N–H and O–H groups in total. The lowest BCUT2D eigenvalue weighted by Crippen LogP contribution is -2.30. The summed E-state index contributed by atoms with van der Waals surface area (Å²) >= 11 is 3.38. The molecule has 18 heavy (non-hydrogen) atoms. The Morgan fingerprint density at radius 3 is 2.39 bits per heavy atom. The van der Waals surface area contributed by atoms with Crippen molar-refractivity contribution in [3.63, 3.8) is 0 Å². The van der Waals surface area contributed by atoms with Gasteiger partial charge in [0.25, 0.3) is 0 Å². The Labute approximate surface area is 115 Å². The van der Waals surface area contributed by atoms with Crippen LogP contribution in [0.3, 0.4) is 0 Å². The van der Waals surface area contributed by atoms with Crippen molar-refractivity contribution in [3.05, 3.63) is 30.1 Å². The number of alkyl halides is 1. The Kier molecular flexibility index (Phi) is 4.08. The number of hydrogen-bond acceptors (Lipinski definition) is 2. The van der Waals surface area contributed by atoms with Crippen molar-refractivity contribution in [1.82, 2.24) is 4.72 Å². The average molecular weight is 336 g/mol. The van der Waals surface area contributed by atoms with Crippen LogP contribution < -0.4 is 4.72 Å². The van der Waals surface area contributed by atoms with Crippen molar-refractivity contribution in [2.45, 2.75) is 24.2 Å². The van der Waals surface area contributed by atoms with Gasteiger partial charge in [0.05, 0.1) is 4.90 Å². The number of rotatable bonds is 6. The lowest BCUT2D eigenvalue weighted by Gasteiger charge is -2.14. The maximum absolute atomic E-state index is 12.7. The van der Waals surface area contributed by atoms with Crippen molar-refractivity contribution in [2.24, 2.45) is 5.41 Å². The molecule has 1 saturated carbocycles. The third-order valence-electron chi connectivity index (χ3n) is 3.34. The van der Waals surface area contributed by atoms with Crippen LogP contribution in [0.25, 0.3) is 0 Å². The molecule has 0 amide bonds. The van der Waals surface area contributed by atoms with E-state index in [1.807, 2.05) is 0 Å². The number of benzene rings is 1. The van der Waals surface area contributed by atoms with Gasteiger partial charge in [-0.05, 0) is 48.9 Å². The fourth-order valence-corrected chi connectivity index (χ4v) is 3.84. The van der Waals surface area contributed by atoms with Crippen molar-refractivity contribution >= 4 is 26.0 Å². The molecule has 1 aliphatic carbocycles. The monoisotopic (exact) mass is 335 g/mol. The Hall–Kier alpha value is -0.460. The van der Waals surface area contributed by atoms with E-state index in [2.05, 4.69) is 20.7 Å². The molecular formula is C12H15BrFNO2S. The lowest BCUT2D eigenvalue weighted by molar-refractivity contribution is 0.480. The molecule has 0 heterocycles. The summed E-state index contributed by atoms with van der Waals surface area (Å²) in [6, 6.07) is 4.86. The lowest BCUT2D eigenvalue weighted by atomic mass is 10.1. The van der Waals surface area contributed by atoms with Gasteiger partial charge in [-0.3, -0.25) is 0 Å². The molecular weight excluding hydrogens is 321 g/mol. The number of halogens is 2. The molecule has 0 saturated heterocycles. The zero-order valence-electron chi connectivity index (χ0n) is 9.83. The molecule has 0 aliphatic heterocycles. The first-order chi connectivity index (χ1) is 8.47. The van der Waals surface area contributed by atoms with E-state index in [0.29, 0.717) is 6.54 Å². The van der Waals surface area contributed by atoms with Gasteiger partial charge < -0.3 is 0 Å². The Balaban J connectivity index is 2.02. The first-order valence-corrected chi connectivity index (χ1v) is 8.39. The van der Waals surface area contributed by atoms with Gasteiger partial charge in [0.15, 0.2) is 0 Å². The van der Waals surface area contributed by atoms with Crippen LogP contribution in [-0.2, 0) is 10.0 Å². The summed E-state index contributed by atoms with van der Waals surface area (Å²) in [6.45, 7) is 0.457. The summed E-state index contributed by atoms with van der Waals surface area (Å²) in [6.07, 6.45) is 3.09. The standard InChI is InChI=1S/C12H15BrFNO2S/c13-8-7-12(5-6-12)9-15-18(16,17)11-3-1-10(14)2-4-11/h1-4,15H,5-9H2. The second kappa shape index (κ2) is 5.27. The summed E-state index contributed by atoms with van der Waals surface area (Å²) in [5, 5.41) is 0.880. The molecule has 1 aromatic carbocycles. The SMILES string of the molecule is O=S(=O)(NCC1(CCBr)CC1)c1ccc(F)cc1. The normalized spacial score (nSPS) is 17.7. The zero-order valence-corrected chi connectivity index (χ0v) is 12.2. The van der Waals surface area contributed by atoms with Crippen LogP contribution in [0.1, 0.15) is 19.3 Å². The van der Waals surface area contributed by atoms with Gasteiger partial charge in [-0.15, -0.1) is 0 Å².